The van der Waals surface area contributed by atoms with Crippen LogP contribution in [0.25, 0.3) is 0 Å². The Morgan fingerprint density at radius 1 is 1.18 bits per heavy atom. The summed E-state index contributed by atoms with van der Waals surface area (Å²) in [6.45, 7) is 6.32. The van der Waals surface area contributed by atoms with Crippen molar-refractivity contribution in [3.8, 4) is 0 Å². The fourth-order valence-electron chi connectivity index (χ4n) is 2.71. The minimum absolute atomic E-state index is 0. The third kappa shape index (κ3) is 12.9. The van der Waals surface area contributed by atoms with Gasteiger partial charge in [0.25, 0.3) is 0 Å². The number of hydrogen-bond donors (Lipinski definition) is 2. The molecule has 2 N–H and O–H groups in total. The molecule has 1 heterocycles. The molecule has 0 fully saturated rings. The lowest BCUT2D eigenvalue weighted by molar-refractivity contribution is -0.128. The lowest BCUT2D eigenvalue weighted by Gasteiger charge is -2.18. The fourth-order valence-corrected chi connectivity index (χ4v) is 2.71. The molecule has 0 aromatic carbocycles. The minimum atomic E-state index is 0. The monoisotopic (exact) mass is 503 g/mol. The molecule has 1 aromatic rings. The Hall–Kier alpha value is -1.38. The van der Waals surface area contributed by atoms with E-state index in [1.807, 2.05) is 25.2 Å². The van der Waals surface area contributed by atoms with Crippen LogP contribution in [0.1, 0.15) is 51.6 Å². The van der Waals surface area contributed by atoms with Gasteiger partial charge in [0.05, 0.1) is 6.54 Å². The number of nitrogens with zero attached hydrogens (tertiary/aromatic N) is 3. The predicted octanol–water partition coefficient (Wildman–Crippen LogP) is 3.47. The summed E-state index contributed by atoms with van der Waals surface area (Å²) in [5.74, 6) is 1.52. The van der Waals surface area contributed by atoms with Crippen LogP contribution in [0.2, 0.25) is 0 Å². The third-order valence-corrected chi connectivity index (χ3v) is 4.49. The second-order valence-corrected chi connectivity index (χ2v) is 7.34. The summed E-state index contributed by atoms with van der Waals surface area (Å²) in [4.78, 5) is 22.4. The SMILES string of the molecule is CN=C(NCCCCCCC(C)C)NCC(=O)N(C)CCc1ccccn1.I. The summed E-state index contributed by atoms with van der Waals surface area (Å²) in [5.41, 5.74) is 0.996. The zero-order chi connectivity index (χ0) is 19.9. The molecule has 1 amide bonds. The summed E-state index contributed by atoms with van der Waals surface area (Å²) < 4.78 is 0. The molecule has 0 spiro atoms. The van der Waals surface area contributed by atoms with E-state index >= 15 is 0 Å². The lowest BCUT2D eigenvalue weighted by atomic mass is 10.0. The summed E-state index contributed by atoms with van der Waals surface area (Å²) in [5, 5.41) is 6.38. The van der Waals surface area contributed by atoms with Crippen molar-refractivity contribution < 1.29 is 4.79 Å². The van der Waals surface area contributed by atoms with E-state index in [2.05, 4.69) is 34.5 Å². The van der Waals surface area contributed by atoms with Crippen LogP contribution in [0.5, 0.6) is 0 Å². The van der Waals surface area contributed by atoms with Gasteiger partial charge in [-0.3, -0.25) is 14.8 Å². The summed E-state index contributed by atoms with van der Waals surface area (Å²) in [6.07, 6.45) is 8.79. The van der Waals surface area contributed by atoms with Gasteiger partial charge in [0, 0.05) is 45.5 Å². The van der Waals surface area contributed by atoms with Gasteiger partial charge in [-0.25, -0.2) is 0 Å². The highest BCUT2D eigenvalue weighted by molar-refractivity contribution is 14.0. The van der Waals surface area contributed by atoms with Gasteiger partial charge >= 0.3 is 0 Å². The van der Waals surface area contributed by atoms with Crippen molar-refractivity contribution in [2.45, 2.75) is 52.4 Å². The van der Waals surface area contributed by atoms with E-state index < -0.39 is 0 Å². The smallest absolute Gasteiger partial charge is 0.241 e. The van der Waals surface area contributed by atoms with Gasteiger partial charge in [0.1, 0.15) is 0 Å². The number of hydrogen-bond acceptors (Lipinski definition) is 3. The molecule has 0 bridgehead atoms. The van der Waals surface area contributed by atoms with Crippen LogP contribution in [0, 0.1) is 5.92 Å². The molecule has 0 saturated carbocycles. The van der Waals surface area contributed by atoms with Crippen molar-refractivity contribution in [2.24, 2.45) is 10.9 Å². The van der Waals surface area contributed by atoms with Gasteiger partial charge < -0.3 is 15.5 Å². The Bertz CT molecular complexity index is 551. The first kappa shape index (κ1) is 26.6. The second-order valence-electron chi connectivity index (χ2n) is 7.34. The number of halogens is 1. The molecule has 0 unspecified atom stereocenters. The minimum Gasteiger partial charge on any atom is -0.356 e. The first-order valence-electron chi connectivity index (χ1n) is 10.1. The van der Waals surface area contributed by atoms with E-state index in [0.29, 0.717) is 12.5 Å². The molecule has 28 heavy (non-hydrogen) atoms. The van der Waals surface area contributed by atoms with E-state index in [9.17, 15) is 4.79 Å². The molecule has 160 valence electrons. The molecule has 0 saturated heterocycles. The quantitative estimate of drug-likeness (QED) is 0.198. The molecule has 0 aliphatic rings. The van der Waals surface area contributed by atoms with E-state index in [0.717, 1.165) is 31.0 Å². The van der Waals surface area contributed by atoms with Crippen LogP contribution in [0.3, 0.4) is 0 Å². The maximum atomic E-state index is 12.2. The van der Waals surface area contributed by atoms with Crippen molar-refractivity contribution in [1.29, 1.82) is 0 Å². The second kappa shape index (κ2) is 16.6. The average Bonchev–Trinajstić information content (AvgIpc) is 2.67. The van der Waals surface area contributed by atoms with Crippen molar-refractivity contribution >= 4 is 35.8 Å². The molecule has 6 nitrogen and oxygen atoms in total. The number of guanidine groups is 1. The first-order valence-corrected chi connectivity index (χ1v) is 10.1. The molecular weight excluding hydrogens is 465 g/mol. The number of likely N-dealkylation sites (N-methyl/N-ethyl adjacent to an activating group) is 1. The largest absolute Gasteiger partial charge is 0.356 e. The normalized spacial score (nSPS) is 11.1. The highest BCUT2D eigenvalue weighted by Crippen LogP contribution is 2.08. The number of carbonyl (C=O) groups excluding carboxylic acids is 1. The number of pyridine rings is 1. The lowest BCUT2D eigenvalue weighted by Crippen LogP contribution is -2.44. The zero-order valence-electron chi connectivity index (χ0n) is 17.9. The van der Waals surface area contributed by atoms with E-state index in [-0.39, 0.29) is 36.4 Å². The van der Waals surface area contributed by atoms with E-state index in [1.165, 1.54) is 25.7 Å². The van der Waals surface area contributed by atoms with Crippen LogP contribution >= 0.6 is 24.0 Å². The third-order valence-electron chi connectivity index (χ3n) is 4.49. The molecule has 1 rings (SSSR count). The van der Waals surface area contributed by atoms with Crippen molar-refractivity contribution in [3.05, 3.63) is 30.1 Å². The maximum Gasteiger partial charge on any atom is 0.241 e. The highest BCUT2D eigenvalue weighted by atomic mass is 127. The molecule has 1 aromatic heterocycles. The van der Waals surface area contributed by atoms with Crippen molar-refractivity contribution in [2.75, 3.05) is 33.7 Å². The van der Waals surface area contributed by atoms with Crippen molar-refractivity contribution in [3.63, 3.8) is 0 Å². The Kier molecular flexibility index (Phi) is 15.7. The number of nitrogens with one attached hydrogen (secondary N) is 2. The van der Waals surface area contributed by atoms with Gasteiger partial charge in [-0.05, 0) is 24.5 Å². The number of aromatic nitrogens is 1. The summed E-state index contributed by atoms with van der Waals surface area (Å²) in [7, 11) is 3.55. The highest BCUT2D eigenvalue weighted by Gasteiger charge is 2.09. The zero-order valence-corrected chi connectivity index (χ0v) is 20.2. The Labute approximate surface area is 188 Å². The van der Waals surface area contributed by atoms with Crippen LogP contribution < -0.4 is 10.6 Å². The summed E-state index contributed by atoms with van der Waals surface area (Å²) >= 11 is 0. The van der Waals surface area contributed by atoms with E-state index in [4.69, 9.17) is 0 Å². The van der Waals surface area contributed by atoms with Crippen molar-refractivity contribution in [1.82, 2.24) is 20.5 Å². The number of unbranched alkanes of at least 4 members (excludes halogenated alkanes) is 3. The Balaban J connectivity index is 0.00000729. The number of aliphatic imine (C=N–C) groups is 1. The van der Waals surface area contributed by atoms with Gasteiger partial charge in [-0.15, -0.1) is 24.0 Å². The van der Waals surface area contributed by atoms with Gasteiger partial charge in [0.2, 0.25) is 5.91 Å². The Morgan fingerprint density at radius 3 is 2.57 bits per heavy atom. The van der Waals surface area contributed by atoms with Gasteiger partial charge in [-0.1, -0.05) is 45.6 Å². The van der Waals surface area contributed by atoms with Gasteiger partial charge in [0.15, 0.2) is 5.96 Å². The topological polar surface area (TPSA) is 69.6 Å². The molecule has 0 aliphatic carbocycles. The van der Waals surface area contributed by atoms with Gasteiger partial charge in [-0.2, -0.15) is 0 Å². The average molecular weight is 503 g/mol. The van der Waals surface area contributed by atoms with E-state index in [1.54, 1.807) is 18.1 Å². The van der Waals surface area contributed by atoms with Crippen LogP contribution in [0.15, 0.2) is 29.4 Å². The standard InChI is InChI=1S/C21H37N5O.HI/c1-18(2)11-7-5-6-9-15-24-21(22-3)25-17-20(27)26(4)16-13-19-12-8-10-14-23-19;/h8,10,12,14,18H,5-7,9,11,13,15-17H2,1-4H3,(H2,22,24,25);1H. The molecule has 0 atom stereocenters. The molecule has 7 heteroatoms. The maximum absolute atomic E-state index is 12.2. The number of amides is 1. The van der Waals surface area contributed by atoms with Crippen LogP contribution in [-0.4, -0.2) is 55.5 Å². The Morgan fingerprint density at radius 2 is 1.93 bits per heavy atom. The van der Waals surface area contributed by atoms with Crippen LogP contribution in [-0.2, 0) is 11.2 Å². The predicted molar refractivity (Wildman–Crippen MR) is 128 cm³/mol. The fraction of sp³-hybridized carbons (Fsp3) is 0.667. The number of carbonyl (C=O) groups is 1. The summed E-state index contributed by atoms with van der Waals surface area (Å²) in [6, 6.07) is 5.84. The molecule has 0 radical (unpaired) electrons. The number of rotatable bonds is 12. The molecular formula is C21H38IN5O. The first-order chi connectivity index (χ1) is 13.0. The van der Waals surface area contributed by atoms with Crippen LogP contribution in [0.4, 0.5) is 0 Å². The molecule has 0 aliphatic heterocycles.